The number of nitrogens with zero attached hydrogens (tertiary/aromatic N) is 2. The van der Waals surface area contributed by atoms with E-state index in [1.165, 1.54) is 24.3 Å². The summed E-state index contributed by atoms with van der Waals surface area (Å²) in [6, 6.07) is 19.1. The Morgan fingerprint density at radius 2 is 0.952 bits per heavy atom. The van der Waals surface area contributed by atoms with Crippen molar-refractivity contribution in [1.29, 1.82) is 0 Å². The molecule has 3 aromatic carbocycles. The van der Waals surface area contributed by atoms with Gasteiger partial charge in [-0.3, -0.25) is 9.59 Å². The summed E-state index contributed by atoms with van der Waals surface area (Å²) in [4.78, 5) is 28.9. The molecular formula is C30H32N4O6S2. The van der Waals surface area contributed by atoms with Gasteiger partial charge in [-0.1, -0.05) is 35.4 Å². The molecule has 12 heteroatoms. The highest BCUT2D eigenvalue weighted by Gasteiger charge is 2.32. The molecule has 10 nitrogen and oxygen atoms in total. The first kappa shape index (κ1) is 30.5. The van der Waals surface area contributed by atoms with Gasteiger partial charge in [-0.05, 0) is 76.2 Å². The summed E-state index contributed by atoms with van der Waals surface area (Å²) in [7, 11) is -4.86. The average molecular weight is 609 g/mol. The summed E-state index contributed by atoms with van der Waals surface area (Å²) in [5.74, 6) is -2.14. The van der Waals surface area contributed by atoms with Crippen molar-refractivity contribution in [3.63, 3.8) is 0 Å². The van der Waals surface area contributed by atoms with Crippen LogP contribution in [0, 0.1) is 27.7 Å². The van der Waals surface area contributed by atoms with Crippen molar-refractivity contribution in [2.75, 3.05) is 19.0 Å². The van der Waals surface area contributed by atoms with Gasteiger partial charge >= 0.3 is 0 Å². The number of carbonyl (C=O) groups excluding carboxylic acids is 2. The van der Waals surface area contributed by atoms with E-state index in [-0.39, 0.29) is 32.3 Å². The Labute approximate surface area is 246 Å². The second-order valence-electron chi connectivity index (χ2n) is 10.2. The minimum atomic E-state index is -4.31. The van der Waals surface area contributed by atoms with E-state index in [2.05, 4.69) is 0 Å². The smallest absolute Gasteiger partial charge is 0.267 e. The van der Waals surface area contributed by atoms with Crippen LogP contribution >= 0.6 is 0 Å². The first-order valence-corrected chi connectivity index (χ1v) is 15.9. The van der Waals surface area contributed by atoms with Gasteiger partial charge in [0.25, 0.3) is 31.9 Å². The number of carbonyl (C=O) groups is 2. The molecule has 1 heterocycles. The lowest BCUT2D eigenvalue weighted by atomic mass is 10.1. The van der Waals surface area contributed by atoms with Crippen molar-refractivity contribution < 1.29 is 26.4 Å². The molecule has 0 aliphatic rings. The minimum Gasteiger partial charge on any atom is -0.378 e. The average Bonchev–Trinajstić information content (AvgIpc) is 3.18. The standard InChI is InChI=1S/C30H32N4O6S2/c1-19-7-15-25(16-8-19)41(37,38)31-29(35)27-21(3)34(24-13-11-23(12-14-24)33(5)6)22(4)28(27)30(36)32-42(39,40)26-17-9-20(2)10-18-26/h7-18H,1-6H3,(H,31,35)(H,32,36). The third-order valence-corrected chi connectivity index (χ3v) is 9.53. The van der Waals surface area contributed by atoms with Crippen molar-refractivity contribution >= 4 is 37.5 Å². The minimum absolute atomic E-state index is 0.137. The summed E-state index contributed by atoms with van der Waals surface area (Å²) in [5.41, 5.74) is 3.12. The number of hydrogen-bond donors (Lipinski definition) is 2. The zero-order valence-corrected chi connectivity index (χ0v) is 25.7. The molecule has 0 fully saturated rings. The molecule has 0 aliphatic carbocycles. The van der Waals surface area contributed by atoms with Gasteiger partial charge in [-0.25, -0.2) is 26.3 Å². The van der Waals surface area contributed by atoms with Crippen LogP contribution in [0.1, 0.15) is 43.2 Å². The van der Waals surface area contributed by atoms with Gasteiger partial charge < -0.3 is 9.47 Å². The van der Waals surface area contributed by atoms with E-state index in [0.29, 0.717) is 5.69 Å². The van der Waals surface area contributed by atoms with Crippen molar-refractivity contribution in [2.24, 2.45) is 0 Å². The summed E-state index contributed by atoms with van der Waals surface area (Å²) >= 11 is 0. The molecular weight excluding hydrogens is 576 g/mol. The van der Waals surface area contributed by atoms with Gasteiger partial charge in [0.2, 0.25) is 0 Å². The van der Waals surface area contributed by atoms with E-state index in [0.717, 1.165) is 16.8 Å². The number of sulfonamides is 2. The quantitative estimate of drug-likeness (QED) is 0.309. The molecule has 42 heavy (non-hydrogen) atoms. The Hall–Kier alpha value is -4.42. The third-order valence-electron chi connectivity index (χ3n) is 6.84. The maximum atomic E-state index is 13.6. The molecule has 2 amide bonds. The number of hydrogen-bond acceptors (Lipinski definition) is 7. The van der Waals surface area contributed by atoms with E-state index in [9.17, 15) is 26.4 Å². The summed E-state index contributed by atoms with van der Waals surface area (Å²) in [6.07, 6.45) is 0. The molecule has 0 unspecified atom stereocenters. The van der Waals surface area contributed by atoms with Crippen LogP contribution in [0.2, 0.25) is 0 Å². The fraction of sp³-hybridized carbons (Fsp3) is 0.200. The maximum absolute atomic E-state index is 13.6. The number of amides is 2. The molecule has 4 aromatic rings. The predicted octanol–water partition coefficient (Wildman–Crippen LogP) is 4.01. The number of aromatic nitrogens is 1. The zero-order chi connectivity index (χ0) is 31.0. The molecule has 0 saturated carbocycles. The fourth-order valence-corrected chi connectivity index (χ4v) is 6.50. The Morgan fingerprint density at radius 3 is 1.29 bits per heavy atom. The normalized spacial score (nSPS) is 11.7. The monoisotopic (exact) mass is 608 g/mol. The molecule has 0 spiro atoms. The van der Waals surface area contributed by atoms with E-state index in [1.807, 2.05) is 40.6 Å². The predicted molar refractivity (Wildman–Crippen MR) is 161 cm³/mol. The molecule has 220 valence electrons. The van der Waals surface area contributed by atoms with Crippen LogP contribution in [0.3, 0.4) is 0 Å². The number of nitrogens with one attached hydrogen (secondary N) is 2. The van der Waals surface area contributed by atoms with Crippen LogP contribution in [0.4, 0.5) is 5.69 Å². The summed E-state index contributed by atoms with van der Waals surface area (Å²) in [6.45, 7) is 6.71. The first-order chi connectivity index (χ1) is 19.6. The van der Waals surface area contributed by atoms with Crippen LogP contribution in [-0.4, -0.2) is 47.3 Å². The van der Waals surface area contributed by atoms with Crippen molar-refractivity contribution in [2.45, 2.75) is 37.5 Å². The number of aryl methyl sites for hydroxylation is 2. The largest absolute Gasteiger partial charge is 0.378 e. The third kappa shape index (κ3) is 6.09. The highest BCUT2D eigenvalue weighted by atomic mass is 32.2. The second kappa shape index (κ2) is 11.5. The lowest BCUT2D eigenvalue weighted by molar-refractivity contribution is 0.0947. The van der Waals surface area contributed by atoms with E-state index >= 15 is 0 Å². The van der Waals surface area contributed by atoms with Gasteiger partial charge in [0, 0.05) is 36.9 Å². The molecule has 1 aromatic heterocycles. The van der Waals surface area contributed by atoms with E-state index < -0.39 is 31.9 Å². The van der Waals surface area contributed by atoms with Gasteiger partial charge in [0.1, 0.15) is 0 Å². The van der Waals surface area contributed by atoms with Crippen LogP contribution in [0.5, 0.6) is 0 Å². The van der Waals surface area contributed by atoms with E-state index in [1.54, 1.807) is 68.7 Å². The molecule has 4 rings (SSSR count). The summed E-state index contributed by atoms with van der Waals surface area (Å²) < 4.78 is 58.0. The van der Waals surface area contributed by atoms with Crippen LogP contribution in [0.25, 0.3) is 5.69 Å². The van der Waals surface area contributed by atoms with Crippen LogP contribution < -0.4 is 14.3 Å². The van der Waals surface area contributed by atoms with Crippen molar-refractivity contribution in [3.05, 3.63) is 106 Å². The molecule has 0 atom stereocenters. The molecule has 0 aliphatic heterocycles. The summed E-state index contributed by atoms with van der Waals surface area (Å²) in [5, 5.41) is 0. The Bertz CT molecular complexity index is 1760. The Balaban J connectivity index is 1.83. The first-order valence-electron chi connectivity index (χ1n) is 12.9. The van der Waals surface area contributed by atoms with Crippen molar-refractivity contribution in [1.82, 2.24) is 14.0 Å². The fourth-order valence-electron chi connectivity index (χ4n) is 4.58. The lowest BCUT2D eigenvalue weighted by Crippen LogP contribution is -2.35. The lowest BCUT2D eigenvalue weighted by Gasteiger charge is -2.15. The highest BCUT2D eigenvalue weighted by molar-refractivity contribution is 7.90. The van der Waals surface area contributed by atoms with Gasteiger partial charge in [-0.2, -0.15) is 0 Å². The van der Waals surface area contributed by atoms with Crippen LogP contribution in [-0.2, 0) is 20.0 Å². The topological polar surface area (TPSA) is 135 Å². The van der Waals surface area contributed by atoms with Gasteiger partial charge in [0.05, 0.1) is 20.9 Å². The van der Waals surface area contributed by atoms with Crippen molar-refractivity contribution in [3.8, 4) is 5.69 Å². The van der Waals surface area contributed by atoms with Gasteiger partial charge in [-0.15, -0.1) is 0 Å². The second-order valence-corrected chi connectivity index (χ2v) is 13.5. The number of benzene rings is 3. The Kier molecular flexibility index (Phi) is 8.33. The molecule has 0 saturated heterocycles. The SMILES string of the molecule is Cc1ccc(S(=O)(=O)NC(=O)c2c(C(=O)NS(=O)(=O)c3ccc(C)cc3)c(C)n(-c3ccc(N(C)C)cc3)c2C)cc1. The maximum Gasteiger partial charge on any atom is 0.267 e. The van der Waals surface area contributed by atoms with Gasteiger partial charge in [0.15, 0.2) is 0 Å². The molecule has 0 bridgehead atoms. The zero-order valence-electron chi connectivity index (χ0n) is 24.1. The Morgan fingerprint density at radius 1 is 0.595 bits per heavy atom. The molecule has 0 radical (unpaired) electrons. The molecule has 2 N–H and O–H groups in total. The number of rotatable bonds is 8. The van der Waals surface area contributed by atoms with E-state index in [4.69, 9.17) is 0 Å². The highest BCUT2D eigenvalue weighted by Crippen LogP contribution is 2.28. The number of anilines is 1. The van der Waals surface area contributed by atoms with Crippen LogP contribution in [0.15, 0.2) is 82.6 Å².